The van der Waals surface area contributed by atoms with Crippen molar-refractivity contribution in [1.29, 1.82) is 0 Å². The van der Waals surface area contributed by atoms with Gasteiger partial charge in [0.25, 0.3) is 0 Å². The van der Waals surface area contributed by atoms with E-state index in [0.717, 1.165) is 12.6 Å². The summed E-state index contributed by atoms with van der Waals surface area (Å²) in [6.07, 6.45) is 1.41. The summed E-state index contributed by atoms with van der Waals surface area (Å²) in [6.45, 7) is 6.65. The zero-order valence-corrected chi connectivity index (χ0v) is 17.2. The van der Waals surface area contributed by atoms with Gasteiger partial charge in [0.05, 0.1) is 13.3 Å². The molecule has 0 unspecified atom stereocenters. The smallest absolute Gasteiger partial charge is 0.168 e. The molecule has 8 nitrogen and oxygen atoms in total. The number of pyridine rings is 1. The molecule has 4 rings (SSSR count). The third kappa shape index (κ3) is 3.56. The monoisotopic (exact) mass is 418 g/mol. The van der Waals surface area contributed by atoms with E-state index in [4.69, 9.17) is 4.74 Å². The quantitative estimate of drug-likeness (QED) is 0.585. The van der Waals surface area contributed by atoms with Crippen LogP contribution in [0.4, 0.5) is 14.6 Å². The van der Waals surface area contributed by atoms with E-state index >= 15 is 0 Å². The Morgan fingerprint density at radius 1 is 1.27 bits per heavy atom. The SMILES string of the molecule is COc1cc2ncc(-c3nc(N[C@@H]4CNC[C@H]4C)c(F)cc3F)n2nc1C(C)(C)O. The third-order valence-electron chi connectivity index (χ3n) is 5.27. The van der Waals surface area contributed by atoms with Crippen LogP contribution in [0.5, 0.6) is 5.75 Å². The largest absolute Gasteiger partial charge is 0.495 e. The highest BCUT2D eigenvalue weighted by Crippen LogP contribution is 2.31. The molecule has 1 fully saturated rings. The number of anilines is 1. The minimum absolute atomic E-state index is 0.0170. The topological polar surface area (TPSA) is 96.6 Å². The molecule has 0 bridgehead atoms. The number of rotatable bonds is 5. The molecule has 2 atom stereocenters. The molecule has 0 aliphatic carbocycles. The number of ether oxygens (including phenoxy) is 1. The van der Waals surface area contributed by atoms with Gasteiger partial charge in [-0.1, -0.05) is 6.92 Å². The van der Waals surface area contributed by atoms with Crippen molar-refractivity contribution < 1.29 is 18.6 Å². The summed E-state index contributed by atoms with van der Waals surface area (Å²) in [6, 6.07) is 2.38. The van der Waals surface area contributed by atoms with Crippen LogP contribution in [0.15, 0.2) is 18.3 Å². The summed E-state index contributed by atoms with van der Waals surface area (Å²) in [5.41, 5.74) is -0.540. The summed E-state index contributed by atoms with van der Waals surface area (Å²) < 4.78 is 35.8. The number of fused-ring (bicyclic) bond motifs is 1. The lowest BCUT2D eigenvalue weighted by molar-refractivity contribution is 0.0694. The van der Waals surface area contributed by atoms with Crippen molar-refractivity contribution in [3.63, 3.8) is 0 Å². The van der Waals surface area contributed by atoms with Gasteiger partial charge in [0, 0.05) is 24.7 Å². The molecule has 3 aromatic rings. The number of aliphatic hydroxyl groups is 1. The second kappa shape index (κ2) is 7.44. The first kappa shape index (κ1) is 20.4. The fourth-order valence-corrected chi connectivity index (χ4v) is 3.57. The van der Waals surface area contributed by atoms with Gasteiger partial charge in [0.2, 0.25) is 0 Å². The van der Waals surface area contributed by atoms with Gasteiger partial charge in [-0.25, -0.2) is 23.3 Å². The molecule has 3 N–H and O–H groups in total. The van der Waals surface area contributed by atoms with Gasteiger partial charge >= 0.3 is 0 Å². The number of hydrogen-bond acceptors (Lipinski definition) is 7. The zero-order chi connectivity index (χ0) is 21.6. The third-order valence-corrected chi connectivity index (χ3v) is 5.27. The standard InChI is InChI=1S/C20H24F2N6O2/c1-10-7-23-8-13(10)25-19-12(22)5-11(21)17(26-19)14-9-24-16-6-15(30-4)18(20(2,3)29)27-28(14)16/h5-6,9-10,13,23,29H,7-8H2,1-4H3,(H,25,26)/t10-,13-/m1/s1. The maximum atomic E-state index is 14.7. The van der Waals surface area contributed by atoms with Crippen molar-refractivity contribution in [3.05, 3.63) is 35.7 Å². The first-order valence-corrected chi connectivity index (χ1v) is 9.68. The van der Waals surface area contributed by atoms with E-state index in [0.29, 0.717) is 17.9 Å². The van der Waals surface area contributed by atoms with Crippen LogP contribution in [-0.4, -0.2) is 50.9 Å². The Morgan fingerprint density at radius 3 is 2.67 bits per heavy atom. The number of hydrogen-bond donors (Lipinski definition) is 3. The van der Waals surface area contributed by atoms with Crippen LogP contribution in [0, 0.1) is 17.6 Å². The Bertz CT molecular complexity index is 1100. The molecule has 0 aromatic carbocycles. The summed E-state index contributed by atoms with van der Waals surface area (Å²) in [5, 5.41) is 21.1. The molecule has 10 heteroatoms. The second-order valence-electron chi connectivity index (χ2n) is 8.07. The summed E-state index contributed by atoms with van der Waals surface area (Å²) >= 11 is 0. The van der Waals surface area contributed by atoms with E-state index in [-0.39, 0.29) is 34.9 Å². The Balaban J connectivity index is 1.82. The highest BCUT2D eigenvalue weighted by molar-refractivity contribution is 5.63. The predicted molar refractivity (Wildman–Crippen MR) is 107 cm³/mol. The van der Waals surface area contributed by atoms with Gasteiger partial charge in [-0.3, -0.25) is 0 Å². The average Bonchev–Trinajstić information content (AvgIpc) is 3.28. The Hall–Kier alpha value is -2.85. The van der Waals surface area contributed by atoms with Crippen LogP contribution in [0.25, 0.3) is 17.0 Å². The molecular weight excluding hydrogens is 394 g/mol. The molecule has 1 aliphatic heterocycles. The predicted octanol–water partition coefficient (Wildman–Crippen LogP) is 2.33. The second-order valence-corrected chi connectivity index (χ2v) is 8.07. The maximum Gasteiger partial charge on any atom is 0.168 e. The van der Waals surface area contributed by atoms with Gasteiger partial charge in [-0.2, -0.15) is 5.10 Å². The minimum Gasteiger partial charge on any atom is -0.495 e. The van der Waals surface area contributed by atoms with Crippen molar-refractivity contribution in [2.75, 3.05) is 25.5 Å². The Kier molecular flexibility index (Phi) is 5.07. The highest BCUT2D eigenvalue weighted by Gasteiger charge is 2.28. The molecule has 3 aromatic heterocycles. The minimum atomic E-state index is -1.31. The van der Waals surface area contributed by atoms with Crippen LogP contribution in [-0.2, 0) is 5.60 Å². The maximum absolute atomic E-state index is 14.7. The summed E-state index contributed by atoms with van der Waals surface area (Å²) in [7, 11) is 1.46. The van der Waals surface area contributed by atoms with Crippen molar-refractivity contribution in [2.45, 2.75) is 32.4 Å². The van der Waals surface area contributed by atoms with Gasteiger partial charge in [-0.05, 0) is 26.3 Å². The van der Waals surface area contributed by atoms with E-state index in [9.17, 15) is 13.9 Å². The normalized spacial score (nSPS) is 19.4. The number of methoxy groups -OCH3 is 1. The number of imidazole rings is 1. The summed E-state index contributed by atoms with van der Waals surface area (Å²) in [5.74, 6) is -1.00. The Labute approximate surface area is 172 Å². The van der Waals surface area contributed by atoms with Crippen LogP contribution < -0.4 is 15.4 Å². The van der Waals surface area contributed by atoms with Gasteiger partial charge < -0.3 is 20.5 Å². The molecule has 0 amide bonds. The number of nitrogens with one attached hydrogen (secondary N) is 2. The van der Waals surface area contributed by atoms with Crippen LogP contribution in [0.3, 0.4) is 0 Å². The van der Waals surface area contributed by atoms with Crippen molar-refractivity contribution in [1.82, 2.24) is 24.9 Å². The Morgan fingerprint density at radius 2 is 2.03 bits per heavy atom. The molecule has 160 valence electrons. The van der Waals surface area contributed by atoms with Crippen LogP contribution in [0.1, 0.15) is 26.5 Å². The fraction of sp³-hybridized carbons (Fsp3) is 0.450. The van der Waals surface area contributed by atoms with Crippen molar-refractivity contribution >= 4 is 11.5 Å². The molecule has 1 aliphatic rings. The first-order chi connectivity index (χ1) is 14.2. The van der Waals surface area contributed by atoms with Gasteiger partial charge in [-0.15, -0.1) is 0 Å². The van der Waals surface area contributed by atoms with Gasteiger partial charge in [0.15, 0.2) is 23.1 Å². The molecule has 1 saturated heterocycles. The van der Waals surface area contributed by atoms with Crippen LogP contribution in [0.2, 0.25) is 0 Å². The molecule has 30 heavy (non-hydrogen) atoms. The van der Waals surface area contributed by atoms with E-state index in [1.807, 2.05) is 6.92 Å². The first-order valence-electron chi connectivity index (χ1n) is 9.68. The zero-order valence-electron chi connectivity index (χ0n) is 17.2. The fourth-order valence-electron chi connectivity index (χ4n) is 3.57. The molecular formula is C20H24F2N6O2. The average molecular weight is 418 g/mol. The van der Waals surface area contributed by atoms with E-state index in [1.165, 1.54) is 17.8 Å². The number of halogens is 2. The molecule has 0 saturated carbocycles. The lowest BCUT2D eigenvalue weighted by Crippen LogP contribution is -2.28. The molecule has 0 spiro atoms. The summed E-state index contributed by atoms with van der Waals surface area (Å²) in [4.78, 5) is 8.46. The van der Waals surface area contributed by atoms with Crippen molar-refractivity contribution in [3.8, 4) is 17.1 Å². The highest BCUT2D eigenvalue weighted by atomic mass is 19.1. The van der Waals surface area contributed by atoms with Gasteiger partial charge in [0.1, 0.15) is 28.4 Å². The molecule has 4 heterocycles. The molecule has 0 radical (unpaired) electrons. The lowest BCUT2D eigenvalue weighted by Gasteiger charge is -2.20. The van der Waals surface area contributed by atoms with Crippen molar-refractivity contribution in [2.24, 2.45) is 5.92 Å². The van der Waals surface area contributed by atoms with E-state index in [2.05, 4.69) is 25.7 Å². The van der Waals surface area contributed by atoms with Crippen LogP contribution >= 0.6 is 0 Å². The van der Waals surface area contributed by atoms with E-state index < -0.39 is 17.2 Å². The lowest BCUT2D eigenvalue weighted by atomic mass is 10.0. The number of nitrogens with zero attached hydrogens (tertiary/aromatic N) is 4. The number of aromatic nitrogens is 4. The van der Waals surface area contributed by atoms with E-state index in [1.54, 1.807) is 19.9 Å².